The predicted molar refractivity (Wildman–Crippen MR) is 116 cm³/mol. The number of allylic oxidation sites excluding steroid dienone is 4. The molecule has 0 bridgehead atoms. The maximum atomic E-state index is 12.3. The number of methoxy groups -OCH3 is 1. The van der Waals surface area contributed by atoms with E-state index in [4.69, 9.17) is 14.2 Å². The van der Waals surface area contributed by atoms with Crippen molar-refractivity contribution < 1.29 is 28.6 Å². The van der Waals surface area contributed by atoms with Gasteiger partial charge in [0.05, 0.1) is 12.2 Å². The molecule has 1 rings (SSSR count). The number of benzene rings is 1. The first kappa shape index (κ1) is 25.3. The third kappa shape index (κ3) is 10.2. The molecule has 1 unspecified atom stereocenters. The van der Waals surface area contributed by atoms with Crippen LogP contribution < -0.4 is 0 Å². The van der Waals surface area contributed by atoms with Gasteiger partial charge >= 0.3 is 11.9 Å². The van der Waals surface area contributed by atoms with E-state index < -0.39 is 12.1 Å². The lowest BCUT2D eigenvalue weighted by atomic mass is 10.0. The minimum atomic E-state index is -0.703. The Morgan fingerprint density at radius 2 is 1.70 bits per heavy atom. The third-order valence-corrected chi connectivity index (χ3v) is 4.17. The van der Waals surface area contributed by atoms with E-state index in [9.17, 15) is 14.4 Å². The average molecular weight is 417 g/mol. The zero-order valence-electron chi connectivity index (χ0n) is 18.1. The molecule has 0 spiro atoms. The number of ketones is 1. The van der Waals surface area contributed by atoms with Crippen LogP contribution in [0.4, 0.5) is 0 Å². The molecule has 0 heterocycles. The number of Topliss-reactive ketones (excluding diaryl/α,β-unsaturated/α-hetero) is 1. The van der Waals surface area contributed by atoms with Crippen molar-refractivity contribution in [2.75, 3.05) is 20.3 Å². The van der Waals surface area contributed by atoms with Gasteiger partial charge in [0.2, 0.25) is 0 Å². The van der Waals surface area contributed by atoms with Crippen molar-refractivity contribution in [2.45, 2.75) is 52.1 Å². The Balaban J connectivity index is 2.45. The van der Waals surface area contributed by atoms with Gasteiger partial charge in [-0.2, -0.15) is 0 Å². The fourth-order valence-electron chi connectivity index (χ4n) is 2.68. The van der Waals surface area contributed by atoms with Crippen molar-refractivity contribution >= 4 is 17.7 Å². The molecule has 0 aliphatic rings. The Kier molecular flexibility index (Phi) is 12.8. The van der Waals surface area contributed by atoms with Crippen LogP contribution >= 0.6 is 0 Å². The molecule has 1 atom stereocenters. The van der Waals surface area contributed by atoms with E-state index in [0.717, 1.165) is 19.3 Å². The van der Waals surface area contributed by atoms with Crippen molar-refractivity contribution in [1.29, 1.82) is 0 Å². The largest absolute Gasteiger partial charge is 0.458 e. The van der Waals surface area contributed by atoms with Crippen LogP contribution in [0.15, 0.2) is 48.6 Å². The number of hydrogen-bond acceptors (Lipinski definition) is 6. The second-order valence-corrected chi connectivity index (χ2v) is 6.75. The van der Waals surface area contributed by atoms with Crippen LogP contribution in [0.25, 0.3) is 0 Å². The van der Waals surface area contributed by atoms with E-state index in [1.165, 1.54) is 20.1 Å². The maximum absolute atomic E-state index is 12.3. The first-order valence-electron chi connectivity index (χ1n) is 10.2. The van der Waals surface area contributed by atoms with Gasteiger partial charge in [-0.05, 0) is 38.7 Å². The van der Waals surface area contributed by atoms with E-state index in [0.29, 0.717) is 12.0 Å². The van der Waals surface area contributed by atoms with Crippen LogP contribution in [0.1, 0.15) is 66.7 Å². The van der Waals surface area contributed by atoms with Crippen molar-refractivity contribution in [1.82, 2.24) is 0 Å². The van der Waals surface area contributed by atoms with Gasteiger partial charge in [-0.15, -0.1) is 0 Å². The van der Waals surface area contributed by atoms with Gasteiger partial charge in [-0.3, -0.25) is 9.59 Å². The van der Waals surface area contributed by atoms with Gasteiger partial charge < -0.3 is 14.2 Å². The molecule has 0 saturated carbocycles. The first-order chi connectivity index (χ1) is 14.5. The normalized spacial score (nSPS) is 12.2. The number of rotatable bonds is 14. The monoisotopic (exact) mass is 416 g/mol. The molecule has 1 aromatic rings. The quantitative estimate of drug-likeness (QED) is 0.189. The predicted octanol–water partition coefficient (Wildman–Crippen LogP) is 4.69. The summed E-state index contributed by atoms with van der Waals surface area (Å²) in [6, 6.07) is 6.44. The molecule has 0 aromatic heterocycles. The minimum Gasteiger partial charge on any atom is -0.458 e. The average Bonchev–Trinajstić information content (AvgIpc) is 2.73. The highest BCUT2D eigenvalue weighted by Crippen LogP contribution is 2.12. The summed E-state index contributed by atoms with van der Waals surface area (Å²) in [4.78, 5) is 36.1. The summed E-state index contributed by atoms with van der Waals surface area (Å²) in [6.07, 6.45) is 11.3. The topological polar surface area (TPSA) is 78.9 Å². The van der Waals surface area contributed by atoms with E-state index in [1.54, 1.807) is 18.2 Å². The summed E-state index contributed by atoms with van der Waals surface area (Å²) >= 11 is 0. The second-order valence-electron chi connectivity index (χ2n) is 6.75. The Morgan fingerprint density at radius 3 is 2.37 bits per heavy atom. The number of carbonyl (C=O) groups excluding carboxylic acids is 3. The highest BCUT2D eigenvalue weighted by atomic mass is 16.6. The summed E-state index contributed by atoms with van der Waals surface area (Å²) in [5.41, 5.74) is 0.481. The Labute approximate surface area is 178 Å². The molecular weight excluding hydrogens is 384 g/mol. The first-order valence-corrected chi connectivity index (χ1v) is 10.2. The standard InChI is InChI=1S/C24H32O6/c1-4-5-6-7-8-9-10-11-16-23(26)30-20(17-28-3)18-29-24(27)22-15-13-12-14-21(22)19(2)25/h5-6,8-9,12-15,20H,4,7,10-11,16-18H2,1-3H3/b6-5+,9-8+. The van der Waals surface area contributed by atoms with Crippen LogP contribution in [-0.2, 0) is 19.0 Å². The maximum Gasteiger partial charge on any atom is 0.339 e. The Hall–Kier alpha value is -2.73. The molecule has 0 N–H and O–H groups in total. The summed E-state index contributed by atoms with van der Waals surface area (Å²) in [5, 5.41) is 0. The summed E-state index contributed by atoms with van der Waals surface area (Å²) in [6.45, 7) is 3.44. The minimum absolute atomic E-state index is 0.108. The SMILES string of the molecule is CC/C=C/C/C=C/CCCC(=O)OC(COC)COC(=O)c1ccccc1C(C)=O. The zero-order chi connectivity index (χ0) is 22.2. The van der Waals surface area contributed by atoms with E-state index in [1.807, 2.05) is 6.08 Å². The Morgan fingerprint density at radius 1 is 1.00 bits per heavy atom. The summed E-state index contributed by atoms with van der Waals surface area (Å²) < 4.78 is 15.7. The van der Waals surface area contributed by atoms with Gasteiger partial charge in [0.25, 0.3) is 0 Å². The fraction of sp³-hybridized carbons (Fsp3) is 0.458. The molecule has 164 valence electrons. The molecule has 1 aromatic carbocycles. The van der Waals surface area contributed by atoms with E-state index in [-0.39, 0.29) is 37.0 Å². The lowest BCUT2D eigenvalue weighted by molar-refractivity contribution is -0.154. The molecule has 30 heavy (non-hydrogen) atoms. The highest BCUT2D eigenvalue weighted by Gasteiger charge is 2.20. The van der Waals surface area contributed by atoms with Gasteiger partial charge in [0.15, 0.2) is 11.9 Å². The van der Waals surface area contributed by atoms with Gasteiger partial charge in [0.1, 0.15) is 6.61 Å². The fourth-order valence-corrected chi connectivity index (χ4v) is 2.68. The number of esters is 2. The molecule has 6 nitrogen and oxygen atoms in total. The van der Waals surface area contributed by atoms with Crippen LogP contribution in [-0.4, -0.2) is 44.1 Å². The van der Waals surface area contributed by atoms with Crippen molar-refractivity contribution in [2.24, 2.45) is 0 Å². The highest BCUT2D eigenvalue weighted by molar-refractivity contribution is 6.05. The molecule has 0 amide bonds. The van der Waals surface area contributed by atoms with Crippen LogP contribution in [0.2, 0.25) is 0 Å². The van der Waals surface area contributed by atoms with Crippen LogP contribution in [0, 0.1) is 0 Å². The lowest BCUT2D eigenvalue weighted by Crippen LogP contribution is -2.29. The molecule has 0 aliphatic heterocycles. The molecular formula is C24H32O6. The molecule has 6 heteroatoms. The number of hydrogen-bond donors (Lipinski definition) is 0. The van der Waals surface area contributed by atoms with Gasteiger partial charge in [-0.25, -0.2) is 4.79 Å². The summed E-state index contributed by atoms with van der Waals surface area (Å²) in [5.74, 6) is -1.23. The third-order valence-electron chi connectivity index (χ3n) is 4.17. The van der Waals surface area contributed by atoms with Gasteiger partial charge in [0, 0.05) is 19.1 Å². The Bertz CT molecular complexity index is 735. The molecule has 0 aliphatic carbocycles. The van der Waals surface area contributed by atoms with Crippen LogP contribution in [0.3, 0.4) is 0 Å². The van der Waals surface area contributed by atoms with Crippen molar-refractivity contribution in [3.05, 3.63) is 59.7 Å². The number of ether oxygens (including phenoxy) is 3. The van der Waals surface area contributed by atoms with Crippen LogP contribution in [0.5, 0.6) is 0 Å². The summed E-state index contributed by atoms with van der Waals surface area (Å²) in [7, 11) is 1.48. The molecule has 0 fully saturated rings. The number of carbonyl (C=O) groups is 3. The smallest absolute Gasteiger partial charge is 0.339 e. The number of unbranched alkanes of at least 4 members (excludes halogenated alkanes) is 1. The van der Waals surface area contributed by atoms with Crippen molar-refractivity contribution in [3.8, 4) is 0 Å². The molecule has 0 radical (unpaired) electrons. The van der Waals surface area contributed by atoms with E-state index in [2.05, 4.69) is 25.2 Å². The molecule has 0 saturated heterocycles. The second kappa shape index (κ2) is 15.2. The van der Waals surface area contributed by atoms with E-state index >= 15 is 0 Å². The zero-order valence-corrected chi connectivity index (χ0v) is 18.1. The van der Waals surface area contributed by atoms with Crippen molar-refractivity contribution in [3.63, 3.8) is 0 Å². The lowest BCUT2D eigenvalue weighted by Gasteiger charge is -2.17. The van der Waals surface area contributed by atoms with Gasteiger partial charge in [-0.1, -0.05) is 49.4 Å².